The molecular formula is C16H9ClF2S. The molecule has 2 aromatic carbocycles. The van der Waals surface area contributed by atoms with E-state index in [4.69, 9.17) is 11.6 Å². The van der Waals surface area contributed by atoms with Crippen LogP contribution in [0.4, 0.5) is 8.78 Å². The maximum absolute atomic E-state index is 12.9. The standard InChI is InChI=1S/C16H9ClF2S/c17-14-9-15(10-1-5-12(18)6-2-10)20-16(14)11-3-7-13(19)8-4-11/h1-9H. The highest BCUT2D eigenvalue weighted by atomic mass is 35.5. The molecule has 3 aromatic rings. The quantitative estimate of drug-likeness (QED) is 0.543. The smallest absolute Gasteiger partial charge is 0.123 e. The van der Waals surface area contributed by atoms with Gasteiger partial charge in [-0.05, 0) is 41.5 Å². The van der Waals surface area contributed by atoms with Crippen LogP contribution in [0.2, 0.25) is 5.02 Å². The van der Waals surface area contributed by atoms with Crippen molar-refractivity contribution in [2.75, 3.05) is 0 Å². The average Bonchev–Trinajstić information content (AvgIpc) is 2.82. The highest BCUT2D eigenvalue weighted by Crippen LogP contribution is 2.40. The van der Waals surface area contributed by atoms with Crippen LogP contribution in [0.15, 0.2) is 54.6 Å². The largest absolute Gasteiger partial charge is 0.207 e. The predicted molar refractivity (Wildman–Crippen MR) is 80.1 cm³/mol. The molecule has 0 N–H and O–H groups in total. The Kier molecular flexibility index (Phi) is 3.55. The molecule has 0 aliphatic heterocycles. The molecule has 20 heavy (non-hydrogen) atoms. The van der Waals surface area contributed by atoms with E-state index in [0.29, 0.717) is 5.02 Å². The Labute approximate surface area is 124 Å². The SMILES string of the molecule is Fc1ccc(-c2cc(Cl)c(-c3ccc(F)cc3)s2)cc1. The second kappa shape index (κ2) is 5.35. The molecule has 0 fully saturated rings. The van der Waals surface area contributed by atoms with Crippen LogP contribution < -0.4 is 0 Å². The Balaban J connectivity index is 2.02. The molecule has 0 spiro atoms. The lowest BCUT2D eigenvalue weighted by Gasteiger charge is -1.98. The highest BCUT2D eigenvalue weighted by Gasteiger charge is 2.11. The third-order valence-corrected chi connectivity index (χ3v) is 4.57. The van der Waals surface area contributed by atoms with Crippen LogP contribution in [0.1, 0.15) is 0 Å². The second-order valence-corrected chi connectivity index (χ2v) is 5.76. The summed E-state index contributed by atoms with van der Waals surface area (Å²) >= 11 is 7.74. The zero-order valence-corrected chi connectivity index (χ0v) is 11.8. The summed E-state index contributed by atoms with van der Waals surface area (Å²) in [7, 11) is 0. The van der Waals surface area contributed by atoms with Crippen molar-refractivity contribution in [2.24, 2.45) is 0 Å². The second-order valence-electron chi connectivity index (χ2n) is 4.30. The van der Waals surface area contributed by atoms with Crippen LogP contribution in [0, 0.1) is 11.6 Å². The molecule has 0 aliphatic rings. The molecular weight excluding hydrogens is 298 g/mol. The molecule has 0 unspecified atom stereocenters. The lowest BCUT2D eigenvalue weighted by molar-refractivity contribution is 0.627. The third-order valence-electron chi connectivity index (χ3n) is 2.92. The van der Waals surface area contributed by atoms with E-state index in [1.807, 2.05) is 6.07 Å². The van der Waals surface area contributed by atoms with Gasteiger partial charge in [-0.15, -0.1) is 11.3 Å². The fourth-order valence-corrected chi connectivity index (χ4v) is 3.38. The van der Waals surface area contributed by atoms with Crippen molar-refractivity contribution in [3.05, 3.63) is 71.3 Å². The molecule has 0 radical (unpaired) electrons. The molecule has 0 aliphatic carbocycles. The Bertz CT molecular complexity index is 730. The van der Waals surface area contributed by atoms with E-state index >= 15 is 0 Å². The van der Waals surface area contributed by atoms with Gasteiger partial charge in [0.25, 0.3) is 0 Å². The van der Waals surface area contributed by atoms with Crippen LogP contribution in [-0.2, 0) is 0 Å². The van der Waals surface area contributed by atoms with Crippen LogP contribution in [0.25, 0.3) is 20.9 Å². The first-order chi connectivity index (χ1) is 9.63. The first-order valence-electron chi connectivity index (χ1n) is 5.95. The third kappa shape index (κ3) is 2.60. The van der Waals surface area contributed by atoms with Gasteiger partial charge in [0.1, 0.15) is 11.6 Å². The van der Waals surface area contributed by atoms with Gasteiger partial charge in [0, 0.05) is 4.88 Å². The zero-order valence-electron chi connectivity index (χ0n) is 10.2. The summed E-state index contributed by atoms with van der Waals surface area (Å²) in [4.78, 5) is 1.83. The minimum atomic E-state index is -0.278. The van der Waals surface area contributed by atoms with Gasteiger partial charge in [-0.2, -0.15) is 0 Å². The summed E-state index contributed by atoms with van der Waals surface area (Å²) in [5.74, 6) is -0.546. The van der Waals surface area contributed by atoms with Gasteiger partial charge >= 0.3 is 0 Å². The van der Waals surface area contributed by atoms with Gasteiger partial charge in [0.2, 0.25) is 0 Å². The molecule has 0 amide bonds. The van der Waals surface area contributed by atoms with Crippen molar-refractivity contribution in [3.8, 4) is 20.9 Å². The maximum Gasteiger partial charge on any atom is 0.123 e. The van der Waals surface area contributed by atoms with E-state index in [2.05, 4.69) is 0 Å². The lowest BCUT2D eigenvalue weighted by atomic mass is 10.1. The molecule has 0 saturated carbocycles. The first kappa shape index (κ1) is 13.3. The minimum absolute atomic E-state index is 0.268. The Morgan fingerprint density at radius 3 is 1.80 bits per heavy atom. The van der Waals surface area contributed by atoms with Crippen molar-refractivity contribution >= 4 is 22.9 Å². The summed E-state index contributed by atoms with van der Waals surface area (Å²) in [5.41, 5.74) is 1.78. The molecule has 1 heterocycles. The summed E-state index contributed by atoms with van der Waals surface area (Å²) in [6.45, 7) is 0. The molecule has 0 nitrogen and oxygen atoms in total. The van der Waals surface area contributed by atoms with Crippen LogP contribution in [0.5, 0.6) is 0 Å². The summed E-state index contributed by atoms with van der Waals surface area (Å²) in [6.07, 6.45) is 0. The van der Waals surface area contributed by atoms with E-state index in [9.17, 15) is 8.78 Å². The zero-order chi connectivity index (χ0) is 14.1. The van der Waals surface area contributed by atoms with Crippen molar-refractivity contribution in [2.45, 2.75) is 0 Å². The average molecular weight is 307 g/mol. The predicted octanol–water partition coefficient (Wildman–Crippen LogP) is 6.01. The lowest BCUT2D eigenvalue weighted by Crippen LogP contribution is -1.75. The number of benzene rings is 2. The van der Waals surface area contributed by atoms with E-state index in [0.717, 1.165) is 20.9 Å². The van der Waals surface area contributed by atoms with Gasteiger partial charge in [-0.25, -0.2) is 8.78 Å². The fraction of sp³-hybridized carbons (Fsp3) is 0. The topological polar surface area (TPSA) is 0 Å². The van der Waals surface area contributed by atoms with Gasteiger partial charge in [-0.3, -0.25) is 0 Å². The van der Waals surface area contributed by atoms with Crippen molar-refractivity contribution < 1.29 is 8.78 Å². The molecule has 0 atom stereocenters. The molecule has 0 bridgehead atoms. The summed E-state index contributed by atoms with van der Waals surface area (Å²) in [5, 5.41) is 0.612. The fourth-order valence-electron chi connectivity index (χ4n) is 1.92. The molecule has 4 heteroatoms. The number of rotatable bonds is 2. The van der Waals surface area contributed by atoms with Crippen molar-refractivity contribution in [3.63, 3.8) is 0 Å². The van der Waals surface area contributed by atoms with Crippen LogP contribution in [0.3, 0.4) is 0 Å². The van der Waals surface area contributed by atoms with E-state index in [1.165, 1.54) is 35.6 Å². The minimum Gasteiger partial charge on any atom is -0.207 e. The highest BCUT2D eigenvalue weighted by molar-refractivity contribution is 7.19. The van der Waals surface area contributed by atoms with Gasteiger partial charge in [0.15, 0.2) is 0 Å². The monoisotopic (exact) mass is 306 g/mol. The molecule has 0 saturated heterocycles. The Morgan fingerprint density at radius 1 is 0.750 bits per heavy atom. The Hall–Kier alpha value is -1.71. The summed E-state index contributed by atoms with van der Waals surface area (Å²) in [6, 6.07) is 14.3. The number of hydrogen-bond donors (Lipinski definition) is 0. The van der Waals surface area contributed by atoms with Gasteiger partial charge in [0.05, 0.1) is 9.90 Å². The van der Waals surface area contributed by atoms with Gasteiger partial charge in [-0.1, -0.05) is 35.9 Å². The van der Waals surface area contributed by atoms with E-state index in [-0.39, 0.29) is 11.6 Å². The molecule has 3 rings (SSSR count). The normalized spacial score (nSPS) is 10.8. The summed E-state index contributed by atoms with van der Waals surface area (Å²) < 4.78 is 25.9. The molecule has 1 aromatic heterocycles. The molecule has 100 valence electrons. The van der Waals surface area contributed by atoms with Crippen molar-refractivity contribution in [1.82, 2.24) is 0 Å². The van der Waals surface area contributed by atoms with Crippen LogP contribution in [-0.4, -0.2) is 0 Å². The number of halogens is 3. The number of hydrogen-bond acceptors (Lipinski definition) is 1. The van der Waals surface area contributed by atoms with E-state index in [1.54, 1.807) is 24.3 Å². The number of thiophene rings is 1. The van der Waals surface area contributed by atoms with Gasteiger partial charge < -0.3 is 0 Å². The first-order valence-corrected chi connectivity index (χ1v) is 7.14. The van der Waals surface area contributed by atoms with E-state index < -0.39 is 0 Å². The van der Waals surface area contributed by atoms with Crippen LogP contribution >= 0.6 is 22.9 Å². The maximum atomic E-state index is 12.9. The Morgan fingerprint density at radius 2 is 1.25 bits per heavy atom. The van der Waals surface area contributed by atoms with Crippen molar-refractivity contribution in [1.29, 1.82) is 0 Å².